The highest BCUT2D eigenvalue weighted by atomic mass is 32.1. The van der Waals surface area contributed by atoms with Gasteiger partial charge in [0.2, 0.25) is 5.91 Å². The first-order chi connectivity index (χ1) is 11.3. The quantitative estimate of drug-likeness (QED) is 0.670. The van der Waals surface area contributed by atoms with Crippen LogP contribution in [0.3, 0.4) is 0 Å². The molecule has 0 spiro atoms. The van der Waals surface area contributed by atoms with Gasteiger partial charge in [0.15, 0.2) is 0 Å². The van der Waals surface area contributed by atoms with Gasteiger partial charge in [-0.15, -0.1) is 11.3 Å². The summed E-state index contributed by atoms with van der Waals surface area (Å²) in [7, 11) is 0. The van der Waals surface area contributed by atoms with Gasteiger partial charge >= 0.3 is 12.1 Å². The monoisotopic (exact) mass is 352 g/mol. The maximum Gasteiger partial charge on any atom is 0.404 e. The molecule has 0 aliphatic carbocycles. The number of hydrogen-bond acceptors (Lipinski definition) is 6. The molecule has 2 aliphatic rings. The first kappa shape index (κ1) is 16.5. The summed E-state index contributed by atoms with van der Waals surface area (Å²) in [5, 5.41) is 21.0. The highest BCUT2D eigenvalue weighted by molar-refractivity contribution is 7.10. The van der Waals surface area contributed by atoms with Crippen LogP contribution >= 0.6 is 11.3 Å². The Morgan fingerprint density at radius 2 is 2.25 bits per heavy atom. The van der Waals surface area contributed by atoms with Crippen molar-refractivity contribution in [2.75, 3.05) is 0 Å². The molecule has 9 heteroatoms. The van der Waals surface area contributed by atoms with E-state index >= 15 is 0 Å². The van der Waals surface area contributed by atoms with E-state index in [4.69, 9.17) is 10.5 Å². The summed E-state index contributed by atoms with van der Waals surface area (Å²) in [5.41, 5.74) is 6.10. The molecule has 1 fully saturated rings. The molecule has 4 N–H and O–H groups in total. The Morgan fingerprint density at radius 3 is 2.83 bits per heavy atom. The zero-order valence-corrected chi connectivity index (χ0v) is 13.6. The molecule has 1 aromatic rings. The van der Waals surface area contributed by atoms with E-state index in [0.29, 0.717) is 22.4 Å². The van der Waals surface area contributed by atoms with Crippen molar-refractivity contribution in [3.05, 3.63) is 27.6 Å². The third-order valence-corrected chi connectivity index (χ3v) is 5.20. The lowest BCUT2D eigenvalue weighted by molar-refractivity contribution is -0.161. The lowest BCUT2D eigenvalue weighted by Crippen LogP contribution is -2.61. The van der Waals surface area contributed by atoms with E-state index in [-0.39, 0.29) is 24.3 Å². The van der Waals surface area contributed by atoms with E-state index < -0.39 is 24.1 Å². The molecule has 3 atom stereocenters. The van der Waals surface area contributed by atoms with Gasteiger partial charge in [-0.05, 0) is 35.9 Å². The maximum absolute atomic E-state index is 12.2. The molecule has 128 valence electrons. The molecule has 3 rings (SSSR count). The van der Waals surface area contributed by atoms with Crippen molar-refractivity contribution in [3.8, 4) is 0 Å². The van der Waals surface area contributed by atoms with E-state index in [1.54, 1.807) is 11.4 Å². The Hall–Kier alpha value is -2.39. The van der Waals surface area contributed by atoms with Gasteiger partial charge in [-0.1, -0.05) is 0 Å². The van der Waals surface area contributed by atoms with Crippen molar-refractivity contribution in [2.45, 2.75) is 32.1 Å². The number of primary amides is 1. The number of aliphatic carboxylic acids is 1. The van der Waals surface area contributed by atoms with Crippen molar-refractivity contribution in [1.82, 2.24) is 4.90 Å². The third kappa shape index (κ3) is 2.55. The van der Waals surface area contributed by atoms with E-state index in [1.807, 2.05) is 0 Å². The smallest absolute Gasteiger partial charge is 0.404 e. The number of rotatable bonds is 5. The molecule has 8 nitrogen and oxygen atoms in total. The second-order valence-corrected chi connectivity index (χ2v) is 6.78. The van der Waals surface area contributed by atoms with Crippen molar-refractivity contribution >= 4 is 34.9 Å². The number of carbonyl (C=O) groups excluding carboxylic acids is 2. The van der Waals surface area contributed by atoms with E-state index in [9.17, 15) is 24.6 Å². The number of ether oxygens (including phenoxy) is 1. The number of thiophene rings is 1. The minimum atomic E-state index is -1.17. The topological polar surface area (TPSA) is 130 Å². The molecular weight excluding hydrogens is 336 g/mol. The van der Waals surface area contributed by atoms with Gasteiger partial charge < -0.3 is 25.6 Å². The Bertz CT molecular complexity index is 753. The Labute approximate surface area is 141 Å². The van der Waals surface area contributed by atoms with Crippen LogP contribution in [0.1, 0.15) is 23.8 Å². The fraction of sp³-hybridized carbons (Fsp3) is 0.400. The average molecular weight is 352 g/mol. The molecule has 0 radical (unpaired) electrons. The zero-order valence-electron chi connectivity index (χ0n) is 12.8. The van der Waals surface area contributed by atoms with Crippen LogP contribution in [0.25, 0.3) is 5.57 Å². The van der Waals surface area contributed by atoms with Crippen LogP contribution in [-0.2, 0) is 20.9 Å². The van der Waals surface area contributed by atoms with Crippen LogP contribution in [0.4, 0.5) is 4.79 Å². The zero-order chi connectivity index (χ0) is 17.6. The molecule has 2 amide bonds. The minimum absolute atomic E-state index is 0.0120. The van der Waals surface area contributed by atoms with E-state index in [1.165, 1.54) is 23.2 Å². The molecule has 0 saturated carbocycles. The summed E-state index contributed by atoms with van der Waals surface area (Å²) in [5.74, 6) is -2.12. The Kier molecular flexibility index (Phi) is 4.06. The van der Waals surface area contributed by atoms with Crippen LogP contribution in [0.2, 0.25) is 0 Å². The summed E-state index contributed by atoms with van der Waals surface area (Å²) >= 11 is 1.31. The molecule has 1 aromatic heterocycles. The van der Waals surface area contributed by atoms with E-state index in [2.05, 4.69) is 0 Å². The van der Waals surface area contributed by atoms with Gasteiger partial charge in [-0.2, -0.15) is 0 Å². The Morgan fingerprint density at radius 1 is 1.54 bits per heavy atom. The molecule has 24 heavy (non-hydrogen) atoms. The number of aliphatic hydroxyl groups is 1. The normalized spacial score (nSPS) is 23.8. The molecule has 0 aromatic carbocycles. The summed E-state index contributed by atoms with van der Waals surface area (Å²) in [6, 6.07) is 1.39. The van der Waals surface area contributed by atoms with Crippen LogP contribution in [0, 0.1) is 5.92 Å². The number of β-lactam (4-membered cyclic amide) rings is 1. The second kappa shape index (κ2) is 5.91. The van der Waals surface area contributed by atoms with Gasteiger partial charge in [0.05, 0.1) is 18.1 Å². The number of carboxylic acid groups (broad SMARTS) is 1. The van der Waals surface area contributed by atoms with Gasteiger partial charge in [0.25, 0.3) is 0 Å². The Balaban J connectivity index is 1.89. The van der Waals surface area contributed by atoms with Crippen LogP contribution in [0.15, 0.2) is 17.1 Å². The fourth-order valence-electron chi connectivity index (χ4n) is 3.28. The molecule has 0 bridgehead atoms. The number of nitrogens with zero attached hydrogens (tertiary/aromatic N) is 1. The molecule has 1 saturated heterocycles. The standard InChI is InChI=1S/C15H16N2O6S/c1-6(18)11-10-3-9(12(14(20)21)17(10)13(11)19)7-2-8(24-5-7)4-23-15(16)22/h2,5-6,10-11,18H,3-4H2,1H3,(H2,16,22)(H,20,21)/t6-,10-,11-/m1/s1. The number of hydrogen-bond donors (Lipinski definition) is 3. The van der Waals surface area contributed by atoms with Crippen LogP contribution in [0.5, 0.6) is 0 Å². The number of nitrogens with two attached hydrogens (primary N) is 1. The number of fused-ring (bicyclic) bond motifs is 1. The van der Waals surface area contributed by atoms with Gasteiger partial charge in [-0.25, -0.2) is 9.59 Å². The molecular formula is C15H16N2O6S. The highest BCUT2D eigenvalue weighted by Gasteiger charge is 2.56. The number of carbonyl (C=O) groups is 3. The predicted octanol–water partition coefficient (Wildman–Crippen LogP) is 0.751. The van der Waals surface area contributed by atoms with Crippen molar-refractivity contribution in [3.63, 3.8) is 0 Å². The van der Waals surface area contributed by atoms with Crippen LogP contribution in [-0.4, -0.2) is 45.2 Å². The van der Waals surface area contributed by atoms with Crippen molar-refractivity contribution in [1.29, 1.82) is 0 Å². The summed E-state index contributed by atoms with van der Waals surface area (Å²) in [4.78, 5) is 36.4. The predicted molar refractivity (Wildman–Crippen MR) is 83.7 cm³/mol. The van der Waals surface area contributed by atoms with Gasteiger partial charge in [0, 0.05) is 4.88 Å². The minimum Gasteiger partial charge on any atom is -0.477 e. The van der Waals surface area contributed by atoms with Crippen molar-refractivity contribution in [2.24, 2.45) is 11.7 Å². The SMILES string of the molecule is C[C@@H](O)[C@H]1C(=O)N2C(C(=O)O)=C(c3csc(COC(N)=O)c3)C[C@H]12. The lowest BCUT2D eigenvalue weighted by Gasteiger charge is -2.44. The number of aliphatic hydroxyl groups excluding tert-OH is 1. The summed E-state index contributed by atoms with van der Waals surface area (Å²) in [6.07, 6.45) is -1.34. The number of amides is 2. The van der Waals surface area contributed by atoms with Crippen LogP contribution < -0.4 is 5.73 Å². The van der Waals surface area contributed by atoms with Gasteiger partial charge in [0.1, 0.15) is 12.3 Å². The average Bonchev–Trinajstić information content (AvgIpc) is 3.06. The maximum atomic E-state index is 12.2. The molecule has 0 unspecified atom stereocenters. The largest absolute Gasteiger partial charge is 0.477 e. The highest BCUT2D eigenvalue weighted by Crippen LogP contribution is 2.47. The van der Waals surface area contributed by atoms with Crippen molar-refractivity contribution < 1.29 is 29.3 Å². The second-order valence-electron chi connectivity index (χ2n) is 5.79. The summed E-state index contributed by atoms with van der Waals surface area (Å²) < 4.78 is 4.72. The van der Waals surface area contributed by atoms with Gasteiger partial charge in [-0.3, -0.25) is 4.79 Å². The molecule has 3 heterocycles. The number of carboxylic acids is 1. The third-order valence-electron chi connectivity index (χ3n) is 4.29. The fourth-order valence-corrected chi connectivity index (χ4v) is 4.09. The lowest BCUT2D eigenvalue weighted by atomic mass is 9.82. The van der Waals surface area contributed by atoms with E-state index in [0.717, 1.165) is 0 Å². The molecule has 2 aliphatic heterocycles. The first-order valence-corrected chi connectivity index (χ1v) is 8.16. The summed E-state index contributed by atoms with van der Waals surface area (Å²) in [6.45, 7) is 1.54. The first-order valence-electron chi connectivity index (χ1n) is 7.28.